The molecule has 23 heavy (non-hydrogen) atoms. The van der Waals surface area contributed by atoms with E-state index in [2.05, 4.69) is 11.9 Å². The minimum Gasteiger partial charge on any atom is -0.330 e. The van der Waals surface area contributed by atoms with Crippen LogP contribution in [0.3, 0.4) is 0 Å². The van der Waals surface area contributed by atoms with Crippen LogP contribution in [-0.4, -0.2) is 21.8 Å². The molecule has 2 aromatic rings. The molecule has 0 bridgehead atoms. The highest BCUT2D eigenvalue weighted by Crippen LogP contribution is 2.32. The highest BCUT2D eigenvalue weighted by atomic mass is 32.1. The summed E-state index contributed by atoms with van der Waals surface area (Å²) < 4.78 is 13.9. The molecule has 1 fully saturated rings. The minimum absolute atomic E-state index is 0.00638. The molecule has 3 rings (SSSR count). The zero-order valence-corrected chi connectivity index (χ0v) is 14.3. The van der Waals surface area contributed by atoms with Crippen molar-refractivity contribution in [1.82, 2.24) is 9.88 Å². The van der Waals surface area contributed by atoms with Gasteiger partial charge in [0.05, 0.1) is 10.7 Å². The van der Waals surface area contributed by atoms with Crippen molar-refractivity contribution < 1.29 is 9.18 Å². The number of halogens is 1. The molecule has 1 heterocycles. The largest absolute Gasteiger partial charge is 0.330 e. The van der Waals surface area contributed by atoms with Gasteiger partial charge in [-0.3, -0.25) is 4.79 Å². The maximum absolute atomic E-state index is 13.9. The van der Waals surface area contributed by atoms with E-state index in [9.17, 15) is 9.18 Å². The van der Waals surface area contributed by atoms with Crippen molar-refractivity contribution in [2.45, 2.75) is 52.1 Å². The molecule has 0 radical (unpaired) electrons. The van der Waals surface area contributed by atoms with Gasteiger partial charge in [-0.2, -0.15) is 0 Å². The SMILES string of the molecule is CCCc1nc(C)c(C(=O)N(Cc2ccccc2F)C2CC2)s1. The van der Waals surface area contributed by atoms with Crippen LogP contribution in [0.1, 0.15) is 52.1 Å². The first-order valence-corrected chi connectivity index (χ1v) is 8.92. The molecule has 1 aromatic heterocycles. The Morgan fingerprint density at radius 2 is 2.13 bits per heavy atom. The summed E-state index contributed by atoms with van der Waals surface area (Å²) in [5.74, 6) is -0.258. The molecular formula is C18H21FN2OS. The Hall–Kier alpha value is -1.75. The molecule has 0 atom stereocenters. The van der Waals surface area contributed by atoms with Crippen LogP contribution < -0.4 is 0 Å². The molecule has 122 valence electrons. The van der Waals surface area contributed by atoms with Crippen LogP contribution in [0, 0.1) is 12.7 Å². The van der Waals surface area contributed by atoms with Gasteiger partial charge in [0.1, 0.15) is 10.7 Å². The van der Waals surface area contributed by atoms with E-state index in [0.29, 0.717) is 17.0 Å². The number of carbonyl (C=O) groups excluding carboxylic acids is 1. The number of aryl methyl sites for hydroxylation is 2. The normalized spacial score (nSPS) is 14.0. The molecule has 0 saturated heterocycles. The molecular weight excluding hydrogens is 311 g/mol. The summed E-state index contributed by atoms with van der Waals surface area (Å²) in [6.07, 6.45) is 3.91. The number of hydrogen-bond donors (Lipinski definition) is 0. The summed E-state index contributed by atoms with van der Waals surface area (Å²) in [4.78, 5) is 20.0. The second-order valence-electron chi connectivity index (χ2n) is 6.03. The van der Waals surface area contributed by atoms with Gasteiger partial charge in [0.25, 0.3) is 5.91 Å². The zero-order valence-electron chi connectivity index (χ0n) is 13.5. The summed E-state index contributed by atoms with van der Waals surface area (Å²) >= 11 is 1.48. The van der Waals surface area contributed by atoms with E-state index < -0.39 is 0 Å². The number of rotatable bonds is 6. The Balaban J connectivity index is 1.84. The third-order valence-electron chi connectivity index (χ3n) is 4.05. The Morgan fingerprint density at radius 1 is 1.39 bits per heavy atom. The van der Waals surface area contributed by atoms with Crippen molar-refractivity contribution >= 4 is 17.2 Å². The first-order chi connectivity index (χ1) is 11.1. The molecule has 1 aliphatic carbocycles. The molecule has 0 aliphatic heterocycles. The van der Waals surface area contributed by atoms with E-state index in [4.69, 9.17) is 0 Å². The Labute approximate surface area is 140 Å². The Bertz CT molecular complexity index is 709. The van der Waals surface area contributed by atoms with Gasteiger partial charge < -0.3 is 4.90 Å². The predicted octanol–water partition coefficient (Wildman–Crippen LogP) is 4.35. The van der Waals surface area contributed by atoms with Crippen LogP contribution in [0.25, 0.3) is 0 Å². The van der Waals surface area contributed by atoms with Crippen molar-refractivity contribution in [2.24, 2.45) is 0 Å². The fourth-order valence-corrected chi connectivity index (χ4v) is 3.79. The van der Waals surface area contributed by atoms with Crippen LogP contribution in [0.2, 0.25) is 0 Å². The fourth-order valence-electron chi connectivity index (χ4n) is 2.67. The smallest absolute Gasteiger partial charge is 0.266 e. The zero-order chi connectivity index (χ0) is 16.4. The number of benzene rings is 1. The maximum atomic E-state index is 13.9. The van der Waals surface area contributed by atoms with Gasteiger partial charge in [0.2, 0.25) is 0 Å². The third-order valence-corrected chi connectivity index (χ3v) is 5.25. The van der Waals surface area contributed by atoms with Crippen LogP contribution in [-0.2, 0) is 13.0 Å². The first-order valence-electron chi connectivity index (χ1n) is 8.10. The molecule has 0 N–H and O–H groups in total. The van der Waals surface area contributed by atoms with E-state index in [1.807, 2.05) is 17.9 Å². The third kappa shape index (κ3) is 3.61. The number of amides is 1. The molecule has 1 amide bonds. The van der Waals surface area contributed by atoms with Crippen molar-refractivity contribution in [3.05, 3.63) is 51.2 Å². The Morgan fingerprint density at radius 3 is 2.78 bits per heavy atom. The summed E-state index contributed by atoms with van der Waals surface area (Å²) in [6, 6.07) is 6.92. The van der Waals surface area contributed by atoms with Gasteiger partial charge in [0.15, 0.2) is 0 Å². The lowest BCUT2D eigenvalue weighted by Crippen LogP contribution is -2.32. The van der Waals surface area contributed by atoms with Crippen LogP contribution >= 0.6 is 11.3 Å². The van der Waals surface area contributed by atoms with Gasteiger partial charge >= 0.3 is 0 Å². The molecule has 1 aromatic carbocycles. The number of hydrogen-bond acceptors (Lipinski definition) is 3. The van der Waals surface area contributed by atoms with Gasteiger partial charge in [-0.1, -0.05) is 25.1 Å². The molecule has 5 heteroatoms. The second-order valence-corrected chi connectivity index (χ2v) is 7.11. The van der Waals surface area contributed by atoms with Crippen molar-refractivity contribution in [3.63, 3.8) is 0 Å². The van der Waals surface area contributed by atoms with Gasteiger partial charge in [-0.05, 0) is 38.7 Å². The van der Waals surface area contributed by atoms with E-state index in [-0.39, 0.29) is 17.8 Å². The molecule has 1 aliphatic rings. The molecule has 1 saturated carbocycles. The lowest BCUT2D eigenvalue weighted by Gasteiger charge is -2.22. The Kier molecular flexibility index (Phi) is 4.76. The topological polar surface area (TPSA) is 33.2 Å². The van der Waals surface area contributed by atoms with E-state index in [0.717, 1.165) is 36.4 Å². The molecule has 3 nitrogen and oxygen atoms in total. The van der Waals surface area contributed by atoms with Crippen molar-refractivity contribution in [2.75, 3.05) is 0 Å². The summed E-state index contributed by atoms with van der Waals surface area (Å²) in [6.45, 7) is 4.32. The van der Waals surface area contributed by atoms with Gasteiger partial charge in [0, 0.05) is 18.2 Å². The highest BCUT2D eigenvalue weighted by Gasteiger charge is 2.35. The van der Waals surface area contributed by atoms with Crippen molar-refractivity contribution in [1.29, 1.82) is 0 Å². The van der Waals surface area contributed by atoms with Crippen LogP contribution in [0.5, 0.6) is 0 Å². The maximum Gasteiger partial charge on any atom is 0.266 e. The molecule has 0 spiro atoms. The summed E-state index contributed by atoms with van der Waals surface area (Å²) in [5.41, 5.74) is 1.37. The number of nitrogens with zero attached hydrogens (tertiary/aromatic N) is 2. The number of aromatic nitrogens is 1. The number of thiazole rings is 1. The standard InChI is InChI=1S/C18H21FN2OS/c1-3-6-16-20-12(2)17(23-16)18(22)21(14-9-10-14)11-13-7-4-5-8-15(13)19/h4-5,7-8,14H,3,6,9-11H2,1-2H3. The van der Waals surface area contributed by atoms with E-state index >= 15 is 0 Å². The van der Waals surface area contributed by atoms with E-state index in [1.54, 1.807) is 12.1 Å². The van der Waals surface area contributed by atoms with Crippen LogP contribution in [0.4, 0.5) is 4.39 Å². The quantitative estimate of drug-likeness (QED) is 0.788. The minimum atomic E-state index is -0.251. The summed E-state index contributed by atoms with van der Waals surface area (Å²) in [5, 5.41) is 1.01. The highest BCUT2D eigenvalue weighted by molar-refractivity contribution is 7.13. The van der Waals surface area contributed by atoms with Gasteiger partial charge in [-0.25, -0.2) is 9.37 Å². The van der Waals surface area contributed by atoms with E-state index in [1.165, 1.54) is 17.4 Å². The second kappa shape index (κ2) is 6.79. The average Bonchev–Trinajstić information content (AvgIpc) is 3.30. The lowest BCUT2D eigenvalue weighted by molar-refractivity contribution is 0.0732. The number of carbonyl (C=O) groups is 1. The van der Waals surface area contributed by atoms with Crippen LogP contribution in [0.15, 0.2) is 24.3 Å². The lowest BCUT2D eigenvalue weighted by atomic mass is 10.2. The monoisotopic (exact) mass is 332 g/mol. The first kappa shape index (κ1) is 16.1. The average molecular weight is 332 g/mol. The van der Waals surface area contributed by atoms with Crippen molar-refractivity contribution in [3.8, 4) is 0 Å². The summed E-state index contributed by atoms with van der Waals surface area (Å²) in [7, 11) is 0. The fraction of sp³-hybridized carbons (Fsp3) is 0.444. The molecule has 0 unspecified atom stereocenters. The van der Waals surface area contributed by atoms with Gasteiger partial charge in [-0.15, -0.1) is 11.3 Å². The predicted molar refractivity (Wildman–Crippen MR) is 90.1 cm³/mol.